The van der Waals surface area contributed by atoms with E-state index in [4.69, 9.17) is 0 Å². The van der Waals surface area contributed by atoms with Crippen LogP contribution in [0.15, 0.2) is 4.47 Å². The highest BCUT2D eigenvalue weighted by Crippen LogP contribution is 2.20. The number of aromatic nitrogens is 1. The molecule has 0 radical (unpaired) electrons. The molecule has 0 fully saturated rings. The second kappa shape index (κ2) is 6.14. The third-order valence-electron chi connectivity index (χ3n) is 1.96. The summed E-state index contributed by atoms with van der Waals surface area (Å²) in [6, 6.07) is 0. The summed E-state index contributed by atoms with van der Waals surface area (Å²) in [5.41, 5.74) is 3.71. The zero-order valence-electron chi connectivity index (χ0n) is 9.45. The average molecular weight is 316 g/mol. The number of rotatable bonds is 1. The Bertz CT molecular complexity index is 416. The summed E-state index contributed by atoms with van der Waals surface area (Å²) < 4.78 is 40.0. The number of aryl methyl sites for hydroxylation is 2. The lowest BCUT2D eigenvalue weighted by molar-refractivity contribution is -0.398. The molecule has 96 valence electrons. The normalized spacial score (nSPS) is 10.6. The maximum atomic E-state index is 10.7. The van der Waals surface area contributed by atoms with Crippen molar-refractivity contribution < 1.29 is 27.0 Å². The Labute approximate surface area is 105 Å². The molecule has 8 heteroatoms. The second-order valence-electron chi connectivity index (χ2n) is 3.34. The molecular formula is C9H11BBrF4NO. The molecule has 0 aliphatic heterocycles. The Balaban J connectivity index is 0.000000437. The van der Waals surface area contributed by atoms with Crippen molar-refractivity contribution >= 4 is 29.5 Å². The summed E-state index contributed by atoms with van der Waals surface area (Å²) in [6.07, 6.45) is 0.880. The van der Waals surface area contributed by atoms with Gasteiger partial charge in [0.1, 0.15) is 0 Å². The van der Waals surface area contributed by atoms with Crippen molar-refractivity contribution in [2.75, 3.05) is 0 Å². The summed E-state index contributed by atoms with van der Waals surface area (Å²) in [5, 5.41) is 0. The minimum absolute atomic E-state index is 0.743. The van der Waals surface area contributed by atoms with Gasteiger partial charge in [-0.3, -0.25) is 4.79 Å². The molecule has 2 nitrogen and oxygen atoms in total. The predicted octanol–water partition coefficient (Wildman–Crippen LogP) is 3.30. The van der Waals surface area contributed by atoms with E-state index in [1.807, 2.05) is 20.8 Å². The molecule has 1 heterocycles. The van der Waals surface area contributed by atoms with E-state index in [1.165, 1.54) is 0 Å². The minimum Gasteiger partial charge on any atom is -0.418 e. The van der Waals surface area contributed by atoms with Gasteiger partial charge in [0.15, 0.2) is 17.7 Å². The number of nitrogens with one attached hydrogen (secondary N) is 1. The van der Waals surface area contributed by atoms with Gasteiger partial charge in [-0.2, -0.15) is 0 Å². The average Bonchev–Trinajstić information content (AvgIpc) is 2.12. The fourth-order valence-electron chi connectivity index (χ4n) is 1.26. The molecule has 1 aromatic rings. The molecule has 0 aliphatic carbocycles. The molecule has 0 saturated heterocycles. The standard InChI is InChI=1S/C9H10BrNO.BF4/c1-5-8(4-12)6(2)11-7(3)9(5)10;2-1(3,4)5/h4H,1-3H3;/q;-1/p+1. The number of aromatic amines is 1. The second-order valence-corrected chi connectivity index (χ2v) is 4.13. The van der Waals surface area contributed by atoms with Crippen molar-refractivity contribution in [2.45, 2.75) is 20.8 Å². The molecule has 0 spiro atoms. The fourth-order valence-corrected chi connectivity index (χ4v) is 1.57. The van der Waals surface area contributed by atoms with Crippen molar-refractivity contribution in [3.05, 3.63) is 27.0 Å². The lowest BCUT2D eigenvalue weighted by Crippen LogP contribution is -2.17. The van der Waals surface area contributed by atoms with Crippen LogP contribution in [0.4, 0.5) is 17.3 Å². The molecule has 1 rings (SSSR count). The van der Waals surface area contributed by atoms with Crippen LogP contribution in [0, 0.1) is 20.8 Å². The topological polar surface area (TPSA) is 31.2 Å². The summed E-state index contributed by atoms with van der Waals surface area (Å²) in [6.45, 7) is 5.80. The molecule has 0 aliphatic rings. The number of carbonyl (C=O) groups is 1. The van der Waals surface area contributed by atoms with E-state index < -0.39 is 7.25 Å². The van der Waals surface area contributed by atoms with Gasteiger partial charge in [-0.15, -0.1) is 0 Å². The lowest BCUT2D eigenvalue weighted by Gasteiger charge is -2.01. The molecule has 17 heavy (non-hydrogen) atoms. The number of carbonyl (C=O) groups excluding carboxylic acids is 1. The van der Waals surface area contributed by atoms with Crippen molar-refractivity contribution in [3.8, 4) is 0 Å². The number of hydrogen-bond acceptors (Lipinski definition) is 1. The highest BCUT2D eigenvalue weighted by Gasteiger charge is 2.20. The Morgan fingerprint density at radius 3 is 1.88 bits per heavy atom. The predicted molar refractivity (Wildman–Crippen MR) is 60.5 cm³/mol. The van der Waals surface area contributed by atoms with E-state index in [0.717, 1.165) is 33.3 Å². The Hall–Kier alpha value is -0.915. The monoisotopic (exact) mass is 315 g/mol. The van der Waals surface area contributed by atoms with Gasteiger partial charge in [-0.1, -0.05) is 0 Å². The first-order chi connectivity index (χ1) is 7.57. The smallest absolute Gasteiger partial charge is 0.418 e. The van der Waals surface area contributed by atoms with Crippen molar-refractivity contribution in [2.24, 2.45) is 0 Å². The molecule has 1 aromatic heterocycles. The van der Waals surface area contributed by atoms with E-state index >= 15 is 0 Å². The molecule has 1 N–H and O–H groups in total. The first-order valence-corrected chi connectivity index (χ1v) is 5.38. The molecule has 0 saturated carbocycles. The Morgan fingerprint density at radius 1 is 1.12 bits per heavy atom. The van der Waals surface area contributed by atoms with Crippen LogP contribution in [-0.4, -0.2) is 13.5 Å². The van der Waals surface area contributed by atoms with Gasteiger partial charge in [0.2, 0.25) is 0 Å². The van der Waals surface area contributed by atoms with Crippen LogP contribution < -0.4 is 4.98 Å². The van der Waals surface area contributed by atoms with Crippen molar-refractivity contribution in [3.63, 3.8) is 0 Å². The van der Waals surface area contributed by atoms with Crippen LogP contribution in [-0.2, 0) is 0 Å². The maximum absolute atomic E-state index is 10.7. The minimum atomic E-state index is -6.00. The summed E-state index contributed by atoms with van der Waals surface area (Å²) in [7, 11) is -6.00. The highest BCUT2D eigenvalue weighted by molar-refractivity contribution is 9.10. The Kier molecular flexibility index (Phi) is 5.81. The first kappa shape index (κ1) is 16.1. The molecule has 0 unspecified atom stereocenters. The Morgan fingerprint density at radius 2 is 1.53 bits per heavy atom. The number of pyridine rings is 1. The SMILES string of the molecule is Cc1[nH+]c(C)c(C=O)c(C)c1Br.F[B-](F)(F)F. The quantitative estimate of drug-likeness (QED) is 0.444. The molecule has 0 bridgehead atoms. The van der Waals surface area contributed by atoms with Crippen LogP contribution in [0.5, 0.6) is 0 Å². The zero-order valence-corrected chi connectivity index (χ0v) is 11.0. The molecule has 0 atom stereocenters. The van der Waals surface area contributed by atoms with E-state index in [2.05, 4.69) is 20.9 Å². The molecule has 0 amide bonds. The first-order valence-electron chi connectivity index (χ1n) is 4.59. The summed E-state index contributed by atoms with van der Waals surface area (Å²) in [5.74, 6) is 0. The van der Waals surface area contributed by atoms with Crippen molar-refractivity contribution in [1.29, 1.82) is 0 Å². The maximum Gasteiger partial charge on any atom is 0.673 e. The van der Waals surface area contributed by atoms with Crippen molar-refractivity contribution in [1.82, 2.24) is 0 Å². The molecular weight excluding hydrogens is 305 g/mol. The van der Waals surface area contributed by atoms with E-state index in [9.17, 15) is 22.1 Å². The number of aldehydes is 1. The summed E-state index contributed by atoms with van der Waals surface area (Å²) >= 11 is 3.41. The van der Waals surface area contributed by atoms with Crippen LogP contribution in [0.25, 0.3) is 0 Å². The fraction of sp³-hybridized carbons (Fsp3) is 0.333. The largest absolute Gasteiger partial charge is 0.673 e. The number of H-pyrrole nitrogens is 1. The summed E-state index contributed by atoms with van der Waals surface area (Å²) in [4.78, 5) is 13.8. The van der Waals surface area contributed by atoms with Gasteiger partial charge in [0, 0.05) is 13.8 Å². The third-order valence-corrected chi connectivity index (χ3v) is 3.15. The van der Waals surface area contributed by atoms with Gasteiger partial charge in [-0.25, -0.2) is 4.98 Å². The van der Waals surface area contributed by atoms with Crippen LogP contribution in [0.2, 0.25) is 0 Å². The zero-order chi connectivity index (χ0) is 13.8. The van der Waals surface area contributed by atoms with Gasteiger partial charge in [0.25, 0.3) is 0 Å². The highest BCUT2D eigenvalue weighted by atomic mass is 79.9. The molecule has 0 aromatic carbocycles. The van der Waals surface area contributed by atoms with Crippen LogP contribution >= 0.6 is 15.9 Å². The van der Waals surface area contributed by atoms with Gasteiger partial charge in [0.05, 0.1) is 10.0 Å². The van der Waals surface area contributed by atoms with Crippen LogP contribution in [0.1, 0.15) is 27.3 Å². The van der Waals surface area contributed by atoms with E-state index in [1.54, 1.807) is 0 Å². The lowest BCUT2D eigenvalue weighted by atomic mass is 10.1. The van der Waals surface area contributed by atoms with E-state index in [0.29, 0.717) is 0 Å². The van der Waals surface area contributed by atoms with Gasteiger partial charge in [-0.05, 0) is 28.4 Å². The van der Waals surface area contributed by atoms with Crippen LogP contribution in [0.3, 0.4) is 0 Å². The third kappa shape index (κ3) is 5.81. The van der Waals surface area contributed by atoms with E-state index in [-0.39, 0.29) is 0 Å². The van der Waals surface area contributed by atoms with Gasteiger partial charge < -0.3 is 17.3 Å². The number of halogens is 5. The van der Waals surface area contributed by atoms with Gasteiger partial charge >= 0.3 is 7.25 Å². The number of hydrogen-bond donors (Lipinski definition) is 0.